The lowest BCUT2D eigenvalue weighted by Gasteiger charge is -2.04. The number of aromatic nitrogens is 3. The fraction of sp³-hybridized carbons (Fsp3) is 0.200. The maximum Gasteiger partial charge on any atom is 0.296 e. The molecule has 0 aliphatic heterocycles. The van der Waals surface area contributed by atoms with Gasteiger partial charge in [-0.1, -0.05) is 11.6 Å². The van der Waals surface area contributed by atoms with Crippen LogP contribution in [0.3, 0.4) is 0 Å². The Morgan fingerprint density at radius 1 is 1.33 bits per heavy atom. The highest BCUT2D eigenvalue weighted by Gasteiger charge is 2.22. The number of hydrogen-bond donors (Lipinski definition) is 0. The molecule has 0 aliphatic rings. The molecule has 18 heavy (non-hydrogen) atoms. The van der Waals surface area contributed by atoms with Gasteiger partial charge in [-0.3, -0.25) is 4.57 Å². The van der Waals surface area contributed by atoms with Crippen molar-refractivity contribution in [2.75, 3.05) is 0 Å². The van der Waals surface area contributed by atoms with Crippen molar-refractivity contribution in [3.05, 3.63) is 29.6 Å². The molecule has 5 nitrogen and oxygen atoms in total. The van der Waals surface area contributed by atoms with Crippen LogP contribution in [0.1, 0.15) is 5.56 Å². The topological polar surface area (TPSA) is 64.8 Å². The van der Waals surface area contributed by atoms with Gasteiger partial charge in [0, 0.05) is 17.7 Å². The number of benzene rings is 1. The first-order valence-electron chi connectivity index (χ1n) is 4.91. The fourth-order valence-corrected chi connectivity index (χ4v) is 2.53. The summed E-state index contributed by atoms with van der Waals surface area (Å²) in [5, 5.41) is 6.71. The Labute approximate surface area is 108 Å². The summed E-state index contributed by atoms with van der Waals surface area (Å²) >= 11 is 0. The van der Waals surface area contributed by atoms with Gasteiger partial charge in [0.2, 0.25) is 0 Å². The van der Waals surface area contributed by atoms with Crippen LogP contribution in [-0.2, 0) is 16.1 Å². The highest BCUT2D eigenvalue weighted by molar-refractivity contribution is 8.13. The smallest absolute Gasteiger partial charge is 0.296 e. The van der Waals surface area contributed by atoms with Gasteiger partial charge < -0.3 is 0 Å². The molecular formula is C10H9ClFN3O2S. The van der Waals surface area contributed by atoms with Gasteiger partial charge in [-0.25, -0.2) is 12.8 Å². The van der Waals surface area contributed by atoms with Crippen LogP contribution in [0.2, 0.25) is 0 Å². The summed E-state index contributed by atoms with van der Waals surface area (Å²) in [6, 6.07) is 4.45. The highest BCUT2D eigenvalue weighted by atomic mass is 35.7. The van der Waals surface area contributed by atoms with E-state index in [0.717, 1.165) is 10.1 Å². The van der Waals surface area contributed by atoms with E-state index in [9.17, 15) is 12.8 Å². The SMILES string of the molecule is Cc1ccc(F)c(-c2nnc(S(=O)(=O)Cl)n2C)c1. The van der Waals surface area contributed by atoms with Gasteiger partial charge in [0.05, 0.1) is 5.56 Å². The van der Waals surface area contributed by atoms with E-state index in [1.807, 2.05) is 0 Å². The average molecular weight is 290 g/mol. The molecule has 0 saturated carbocycles. The first kappa shape index (κ1) is 13.0. The third-order valence-electron chi connectivity index (χ3n) is 2.42. The van der Waals surface area contributed by atoms with Crippen LogP contribution in [0.25, 0.3) is 11.4 Å². The average Bonchev–Trinajstić information content (AvgIpc) is 2.63. The molecule has 2 aromatic rings. The molecule has 0 amide bonds. The largest absolute Gasteiger partial charge is 0.300 e. The molecule has 2 rings (SSSR count). The Morgan fingerprint density at radius 3 is 2.56 bits per heavy atom. The van der Waals surface area contributed by atoms with Crippen LogP contribution in [0.4, 0.5) is 4.39 Å². The number of hydrogen-bond acceptors (Lipinski definition) is 4. The van der Waals surface area contributed by atoms with E-state index in [0.29, 0.717) is 0 Å². The van der Waals surface area contributed by atoms with Crippen LogP contribution in [0, 0.1) is 12.7 Å². The Morgan fingerprint density at radius 2 is 2.00 bits per heavy atom. The van der Waals surface area contributed by atoms with E-state index in [4.69, 9.17) is 10.7 Å². The van der Waals surface area contributed by atoms with Crippen LogP contribution in [-0.4, -0.2) is 23.2 Å². The lowest BCUT2D eigenvalue weighted by molar-refractivity contribution is 0.592. The van der Waals surface area contributed by atoms with Gasteiger partial charge in [-0.15, -0.1) is 10.2 Å². The third-order valence-corrected chi connectivity index (χ3v) is 3.62. The first-order valence-corrected chi connectivity index (χ1v) is 7.22. The molecule has 1 aromatic carbocycles. The maximum absolute atomic E-state index is 13.7. The summed E-state index contributed by atoms with van der Waals surface area (Å²) in [5.41, 5.74) is 1.00. The van der Waals surface area contributed by atoms with Crippen LogP contribution >= 0.6 is 10.7 Å². The van der Waals surface area contributed by atoms with E-state index in [1.54, 1.807) is 19.1 Å². The van der Waals surface area contributed by atoms with Gasteiger partial charge in [-0.05, 0) is 19.1 Å². The molecule has 0 N–H and O–H groups in total. The van der Waals surface area contributed by atoms with Gasteiger partial charge in [0.15, 0.2) is 5.82 Å². The zero-order valence-electron chi connectivity index (χ0n) is 9.55. The number of nitrogens with zero attached hydrogens (tertiary/aromatic N) is 3. The molecule has 0 saturated heterocycles. The van der Waals surface area contributed by atoms with Gasteiger partial charge >= 0.3 is 0 Å². The maximum atomic E-state index is 13.7. The second kappa shape index (κ2) is 4.33. The third kappa shape index (κ3) is 2.23. The Bertz CT molecular complexity index is 712. The van der Waals surface area contributed by atoms with Crippen molar-refractivity contribution in [2.45, 2.75) is 12.1 Å². The van der Waals surface area contributed by atoms with E-state index in [-0.39, 0.29) is 11.4 Å². The molecule has 1 aromatic heterocycles. The summed E-state index contributed by atoms with van der Waals surface area (Å²) in [7, 11) is 2.60. The fourth-order valence-electron chi connectivity index (χ4n) is 1.57. The van der Waals surface area contributed by atoms with Gasteiger partial charge in [-0.2, -0.15) is 0 Å². The zero-order chi connectivity index (χ0) is 13.5. The van der Waals surface area contributed by atoms with E-state index in [1.165, 1.54) is 13.1 Å². The van der Waals surface area contributed by atoms with Crippen molar-refractivity contribution in [3.63, 3.8) is 0 Å². The molecule has 0 radical (unpaired) electrons. The van der Waals surface area contributed by atoms with Crippen molar-refractivity contribution in [1.29, 1.82) is 0 Å². The van der Waals surface area contributed by atoms with Crippen molar-refractivity contribution < 1.29 is 12.8 Å². The minimum Gasteiger partial charge on any atom is -0.300 e. The van der Waals surface area contributed by atoms with Crippen molar-refractivity contribution in [3.8, 4) is 11.4 Å². The van der Waals surface area contributed by atoms with Crippen LogP contribution in [0.5, 0.6) is 0 Å². The molecule has 0 atom stereocenters. The molecule has 0 fully saturated rings. The summed E-state index contributed by atoms with van der Waals surface area (Å²) in [4.78, 5) is 0. The second-order valence-corrected chi connectivity index (χ2v) is 6.25. The molecule has 0 bridgehead atoms. The Hall–Kier alpha value is -1.47. The van der Waals surface area contributed by atoms with Crippen molar-refractivity contribution in [1.82, 2.24) is 14.8 Å². The predicted octanol–water partition coefficient (Wildman–Crippen LogP) is 1.86. The standard InChI is InChI=1S/C10H9ClFN3O2S/c1-6-3-4-8(12)7(5-6)9-13-14-10(15(9)2)18(11,16)17/h3-5H,1-2H3. The summed E-state index contributed by atoms with van der Waals surface area (Å²) in [5.74, 6) is -0.398. The molecule has 96 valence electrons. The van der Waals surface area contributed by atoms with E-state index >= 15 is 0 Å². The molecule has 8 heteroatoms. The second-order valence-electron chi connectivity index (χ2n) is 3.79. The molecular weight excluding hydrogens is 281 g/mol. The number of rotatable bonds is 2. The van der Waals surface area contributed by atoms with Crippen LogP contribution in [0.15, 0.2) is 23.4 Å². The Balaban J connectivity index is 2.67. The van der Waals surface area contributed by atoms with E-state index < -0.39 is 20.0 Å². The molecule has 0 spiro atoms. The zero-order valence-corrected chi connectivity index (χ0v) is 11.1. The molecule has 0 aliphatic carbocycles. The lowest BCUT2D eigenvalue weighted by atomic mass is 10.1. The highest BCUT2D eigenvalue weighted by Crippen LogP contribution is 2.24. The summed E-state index contributed by atoms with van der Waals surface area (Å²) in [6.45, 7) is 1.79. The predicted molar refractivity (Wildman–Crippen MR) is 64.2 cm³/mol. The number of halogens is 2. The number of aryl methyl sites for hydroxylation is 1. The van der Waals surface area contributed by atoms with Crippen molar-refractivity contribution >= 4 is 19.7 Å². The summed E-state index contributed by atoms with van der Waals surface area (Å²) in [6.07, 6.45) is 0. The monoisotopic (exact) mass is 289 g/mol. The van der Waals surface area contributed by atoms with Gasteiger partial charge in [0.25, 0.3) is 14.2 Å². The lowest BCUT2D eigenvalue weighted by Crippen LogP contribution is -2.03. The molecule has 1 heterocycles. The Kier molecular flexibility index (Phi) is 3.12. The normalized spacial score (nSPS) is 11.8. The minimum absolute atomic E-state index is 0.107. The van der Waals surface area contributed by atoms with Crippen LogP contribution < -0.4 is 0 Å². The van der Waals surface area contributed by atoms with Gasteiger partial charge in [0.1, 0.15) is 5.82 Å². The van der Waals surface area contributed by atoms with Crippen molar-refractivity contribution in [2.24, 2.45) is 7.05 Å². The van der Waals surface area contributed by atoms with E-state index in [2.05, 4.69) is 10.2 Å². The first-order chi connectivity index (χ1) is 8.30. The molecule has 0 unspecified atom stereocenters. The minimum atomic E-state index is -4.00. The quantitative estimate of drug-likeness (QED) is 0.792. The summed E-state index contributed by atoms with van der Waals surface area (Å²) < 4.78 is 37.2.